The van der Waals surface area contributed by atoms with Gasteiger partial charge >= 0.3 is 0 Å². The van der Waals surface area contributed by atoms with Crippen molar-refractivity contribution in [3.8, 4) is 0 Å². The average Bonchev–Trinajstić information content (AvgIpc) is 2.15. The molecule has 3 heteroatoms. The third-order valence-electron chi connectivity index (χ3n) is 3.27. The Morgan fingerprint density at radius 2 is 2.20 bits per heavy atom. The lowest BCUT2D eigenvalue weighted by Gasteiger charge is -2.42. The summed E-state index contributed by atoms with van der Waals surface area (Å²) in [4.78, 5) is 13.1. The highest BCUT2D eigenvalue weighted by molar-refractivity contribution is 8.01. The van der Waals surface area contributed by atoms with Gasteiger partial charge in [0.05, 0.1) is 10.4 Å². The summed E-state index contributed by atoms with van der Waals surface area (Å²) in [6.07, 6.45) is 3.23. The molecule has 1 saturated carbocycles. The fourth-order valence-electron chi connectivity index (χ4n) is 2.14. The number of thioether (sulfide) groups is 1. The first-order valence-corrected chi connectivity index (χ1v) is 6.12. The van der Waals surface area contributed by atoms with Crippen molar-refractivity contribution in [1.29, 1.82) is 0 Å². The molecule has 2 aliphatic rings. The Kier molecular flexibility index (Phi) is 1.87. The number of aryl methyl sites for hydroxylation is 1. The van der Waals surface area contributed by atoms with Crippen LogP contribution in [0.15, 0.2) is 23.1 Å². The van der Waals surface area contributed by atoms with E-state index in [0.717, 1.165) is 18.5 Å². The predicted molar refractivity (Wildman–Crippen MR) is 62.2 cm³/mol. The molecule has 0 bridgehead atoms. The molecule has 1 N–H and O–H groups in total. The van der Waals surface area contributed by atoms with Gasteiger partial charge in [-0.05, 0) is 43.9 Å². The predicted octanol–water partition coefficient (Wildman–Crippen LogP) is 2.96. The van der Waals surface area contributed by atoms with Gasteiger partial charge in [-0.25, -0.2) is 0 Å². The summed E-state index contributed by atoms with van der Waals surface area (Å²) < 4.78 is -0.138. The molecule has 0 radical (unpaired) electrons. The van der Waals surface area contributed by atoms with Crippen LogP contribution in [-0.4, -0.2) is 10.7 Å². The highest BCUT2D eigenvalue weighted by Crippen LogP contribution is 2.52. The second kappa shape index (κ2) is 3.01. The Labute approximate surface area is 93.4 Å². The normalized spacial score (nSPS) is 21.8. The molecule has 2 nitrogen and oxygen atoms in total. The van der Waals surface area contributed by atoms with Crippen molar-refractivity contribution < 1.29 is 4.79 Å². The summed E-state index contributed by atoms with van der Waals surface area (Å²) in [5.41, 5.74) is 2.24. The quantitative estimate of drug-likeness (QED) is 0.727. The summed E-state index contributed by atoms with van der Waals surface area (Å²) in [5, 5.41) is 3.02. The van der Waals surface area contributed by atoms with Crippen molar-refractivity contribution in [3.63, 3.8) is 0 Å². The Morgan fingerprint density at radius 1 is 1.40 bits per heavy atom. The number of rotatable bonds is 0. The molecule has 1 fully saturated rings. The highest BCUT2D eigenvalue weighted by Gasteiger charge is 2.47. The summed E-state index contributed by atoms with van der Waals surface area (Å²) >= 11 is 1.76. The summed E-state index contributed by atoms with van der Waals surface area (Å²) in [6, 6.07) is 6.21. The van der Waals surface area contributed by atoms with Crippen molar-refractivity contribution in [2.75, 3.05) is 5.32 Å². The van der Waals surface area contributed by atoms with E-state index in [1.54, 1.807) is 11.8 Å². The molecule has 1 amide bonds. The van der Waals surface area contributed by atoms with Gasteiger partial charge in [0.25, 0.3) is 0 Å². The molecule has 15 heavy (non-hydrogen) atoms. The lowest BCUT2D eigenvalue weighted by Crippen LogP contribution is -2.47. The van der Waals surface area contributed by atoms with E-state index in [0.29, 0.717) is 0 Å². The van der Waals surface area contributed by atoms with Crippen molar-refractivity contribution >= 4 is 23.4 Å². The van der Waals surface area contributed by atoms with Crippen molar-refractivity contribution in [2.24, 2.45) is 0 Å². The maximum Gasteiger partial charge on any atom is 0.241 e. The number of anilines is 1. The number of carbonyl (C=O) groups excluding carboxylic acids is 1. The van der Waals surface area contributed by atoms with Gasteiger partial charge < -0.3 is 5.32 Å². The minimum Gasteiger partial charge on any atom is -0.324 e. The van der Waals surface area contributed by atoms with Crippen LogP contribution in [-0.2, 0) is 4.79 Å². The number of amides is 1. The van der Waals surface area contributed by atoms with Crippen LogP contribution in [0.1, 0.15) is 24.8 Å². The van der Waals surface area contributed by atoms with Crippen LogP contribution in [0.25, 0.3) is 0 Å². The monoisotopic (exact) mass is 219 g/mol. The zero-order chi connectivity index (χ0) is 10.5. The van der Waals surface area contributed by atoms with Gasteiger partial charge in [0.15, 0.2) is 0 Å². The maximum atomic E-state index is 11.9. The first-order valence-electron chi connectivity index (χ1n) is 5.31. The molecule has 0 aromatic heterocycles. The van der Waals surface area contributed by atoms with Gasteiger partial charge in [-0.15, -0.1) is 11.8 Å². The van der Waals surface area contributed by atoms with E-state index in [1.165, 1.54) is 16.9 Å². The molecule has 78 valence electrons. The molecule has 1 aromatic carbocycles. The van der Waals surface area contributed by atoms with Crippen LogP contribution >= 0.6 is 11.8 Å². The van der Waals surface area contributed by atoms with Crippen molar-refractivity contribution in [3.05, 3.63) is 23.8 Å². The second-order valence-electron chi connectivity index (χ2n) is 4.40. The van der Waals surface area contributed by atoms with E-state index in [4.69, 9.17) is 0 Å². The largest absolute Gasteiger partial charge is 0.324 e. The number of benzene rings is 1. The molecule has 0 unspecified atom stereocenters. The van der Waals surface area contributed by atoms with Crippen LogP contribution in [0.5, 0.6) is 0 Å². The molecule has 1 spiro atoms. The van der Waals surface area contributed by atoms with Crippen LogP contribution in [0, 0.1) is 6.92 Å². The molecule has 3 rings (SSSR count). The number of carbonyl (C=O) groups is 1. The first-order chi connectivity index (χ1) is 7.20. The van der Waals surface area contributed by atoms with E-state index in [9.17, 15) is 4.79 Å². The van der Waals surface area contributed by atoms with Gasteiger partial charge in [0, 0.05) is 4.90 Å². The Balaban J connectivity index is 2.03. The summed E-state index contributed by atoms with van der Waals surface area (Å²) in [7, 11) is 0. The molecule has 1 aromatic rings. The smallest absolute Gasteiger partial charge is 0.241 e. The number of hydrogen-bond donors (Lipinski definition) is 1. The van der Waals surface area contributed by atoms with Crippen LogP contribution in [0.3, 0.4) is 0 Å². The van der Waals surface area contributed by atoms with Crippen LogP contribution < -0.4 is 5.32 Å². The summed E-state index contributed by atoms with van der Waals surface area (Å²) in [5.74, 6) is 0.204. The number of nitrogens with one attached hydrogen (secondary N) is 1. The molecule has 0 saturated heterocycles. The van der Waals surface area contributed by atoms with E-state index in [-0.39, 0.29) is 10.7 Å². The topological polar surface area (TPSA) is 29.1 Å². The van der Waals surface area contributed by atoms with E-state index in [2.05, 4.69) is 18.3 Å². The van der Waals surface area contributed by atoms with Gasteiger partial charge in [0.1, 0.15) is 0 Å². The summed E-state index contributed by atoms with van der Waals surface area (Å²) in [6.45, 7) is 2.09. The van der Waals surface area contributed by atoms with E-state index < -0.39 is 0 Å². The molecule has 0 atom stereocenters. The lowest BCUT2D eigenvalue weighted by atomic mass is 9.83. The number of fused-ring (bicyclic) bond motifs is 1. The zero-order valence-corrected chi connectivity index (χ0v) is 9.49. The fourth-order valence-corrected chi connectivity index (χ4v) is 3.67. The zero-order valence-electron chi connectivity index (χ0n) is 8.67. The standard InChI is InChI=1S/C12H13NOS/c1-8-3-4-9-10(7-8)15-12(5-2-6-12)11(14)13-9/h3-4,7H,2,5-6H2,1H3,(H,13,14). The maximum absolute atomic E-state index is 11.9. The third-order valence-corrected chi connectivity index (χ3v) is 4.81. The molecular weight excluding hydrogens is 206 g/mol. The molecular formula is C12H13NOS. The number of hydrogen-bond acceptors (Lipinski definition) is 2. The first kappa shape index (κ1) is 9.28. The Hall–Kier alpha value is -0.960. The lowest BCUT2D eigenvalue weighted by molar-refractivity contribution is -0.120. The minimum absolute atomic E-state index is 0.138. The SMILES string of the molecule is Cc1ccc2c(c1)SC1(CCC1)C(=O)N2. The molecule has 1 heterocycles. The van der Waals surface area contributed by atoms with E-state index in [1.807, 2.05) is 12.1 Å². The van der Waals surface area contributed by atoms with E-state index >= 15 is 0 Å². The second-order valence-corrected chi connectivity index (χ2v) is 5.83. The van der Waals surface area contributed by atoms with Crippen LogP contribution in [0.2, 0.25) is 0 Å². The van der Waals surface area contributed by atoms with Gasteiger partial charge in [-0.2, -0.15) is 0 Å². The van der Waals surface area contributed by atoms with Crippen LogP contribution in [0.4, 0.5) is 5.69 Å². The highest BCUT2D eigenvalue weighted by atomic mass is 32.2. The van der Waals surface area contributed by atoms with Gasteiger partial charge in [-0.1, -0.05) is 6.07 Å². The average molecular weight is 219 g/mol. The third kappa shape index (κ3) is 1.29. The van der Waals surface area contributed by atoms with Gasteiger partial charge in [-0.3, -0.25) is 4.79 Å². The fraction of sp³-hybridized carbons (Fsp3) is 0.417. The Bertz CT molecular complexity index is 437. The molecule has 1 aliphatic heterocycles. The molecule has 1 aliphatic carbocycles. The van der Waals surface area contributed by atoms with Gasteiger partial charge in [0.2, 0.25) is 5.91 Å². The minimum atomic E-state index is -0.138. The van der Waals surface area contributed by atoms with Crippen molar-refractivity contribution in [1.82, 2.24) is 0 Å². The van der Waals surface area contributed by atoms with Crippen molar-refractivity contribution in [2.45, 2.75) is 35.8 Å². The Morgan fingerprint density at radius 3 is 2.87 bits per heavy atom.